The lowest BCUT2D eigenvalue weighted by Crippen LogP contribution is -2.48. The molecular formula is C21H18F2N2O2S. The van der Waals surface area contributed by atoms with Gasteiger partial charge in [-0.2, -0.15) is 0 Å². The third-order valence-electron chi connectivity index (χ3n) is 4.30. The maximum absolute atomic E-state index is 13.8. The van der Waals surface area contributed by atoms with Crippen molar-refractivity contribution < 1.29 is 18.3 Å². The Bertz CT molecular complexity index is 957. The van der Waals surface area contributed by atoms with E-state index < -0.39 is 17.8 Å². The van der Waals surface area contributed by atoms with E-state index in [1.165, 1.54) is 30.3 Å². The highest BCUT2D eigenvalue weighted by atomic mass is 32.1. The second-order valence-corrected chi connectivity index (χ2v) is 6.52. The van der Waals surface area contributed by atoms with E-state index in [0.717, 1.165) is 0 Å². The second-order valence-electron chi connectivity index (χ2n) is 6.14. The van der Waals surface area contributed by atoms with Gasteiger partial charge in [0.2, 0.25) is 0 Å². The maximum Gasteiger partial charge on any atom is 0.338 e. The molecular weight excluding hydrogens is 382 g/mol. The van der Waals surface area contributed by atoms with Gasteiger partial charge in [0.05, 0.1) is 11.6 Å². The number of halogens is 2. The highest BCUT2D eigenvalue weighted by molar-refractivity contribution is 7.80. The number of carbonyl (C=O) groups is 1. The van der Waals surface area contributed by atoms with E-state index in [1.807, 2.05) is 0 Å². The zero-order valence-electron chi connectivity index (χ0n) is 15.1. The molecule has 0 fully saturated rings. The minimum absolute atomic E-state index is 0.0342. The number of esters is 1. The van der Waals surface area contributed by atoms with Gasteiger partial charge in [0, 0.05) is 11.4 Å². The molecule has 0 spiro atoms. The zero-order valence-corrected chi connectivity index (χ0v) is 15.9. The van der Waals surface area contributed by atoms with Gasteiger partial charge in [-0.05, 0) is 61.1 Å². The topological polar surface area (TPSA) is 41.6 Å². The number of anilines is 1. The lowest BCUT2D eigenvalue weighted by atomic mass is 9.94. The molecule has 4 nitrogen and oxygen atoms in total. The number of hydrogen-bond acceptors (Lipinski definition) is 3. The number of rotatable bonds is 5. The highest BCUT2D eigenvalue weighted by Gasteiger charge is 2.35. The van der Waals surface area contributed by atoms with E-state index in [2.05, 4.69) is 11.9 Å². The van der Waals surface area contributed by atoms with Gasteiger partial charge in [-0.15, -0.1) is 0 Å². The summed E-state index contributed by atoms with van der Waals surface area (Å²) in [7, 11) is 0. The number of allylic oxidation sites excluding steroid dienone is 1. The zero-order chi connectivity index (χ0) is 20.3. The third-order valence-corrected chi connectivity index (χ3v) is 4.60. The van der Waals surface area contributed by atoms with E-state index in [1.54, 1.807) is 36.1 Å². The maximum atomic E-state index is 13.8. The summed E-state index contributed by atoms with van der Waals surface area (Å²) >= 11 is 5.48. The molecule has 0 bridgehead atoms. The molecule has 0 amide bonds. The molecule has 0 aromatic heterocycles. The predicted molar refractivity (Wildman–Crippen MR) is 108 cm³/mol. The number of nitrogens with zero attached hydrogens (tertiary/aromatic N) is 1. The fraction of sp³-hybridized carbons (Fsp3) is 0.143. The number of thiocarbonyl (C=S) groups is 1. The van der Waals surface area contributed by atoms with Crippen LogP contribution in [0.5, 0.6) is 0 Å². The molecule has 1 heterocycles. The molecule has 0 saturated heterocycles. The molecule has 144 valence electrons. The largest absolute Gasteiger partial charge is 0.458 e. The average Bonchev–Trinajstić information content (AvgIpc) is 2.67. The number of ether oxygens (including phenoxy) is 1. The van der Waals surface area contributed by atoms with E-state index in [4.69, 9.17) is 17.0 Å². The van der Waals surface area contributed by atoms with Crippen LogP contribution in [0.3, 0.4) is 0 Å². The summed E-state index contributed by atoms with van der Waals surface area (Å²) in [6.45, 7) is 5.29. The smallest absolute Gasteiger partial charge is 0.338 e. The number of benzene rings is 2. The lowest BCUT2D eigenvalue weighted by Gasteiger charge is -2.37. The van der Waals surface area contributed by atoms with Crippen molar-refractivity contribution in [2.45, 2.75) is 13.0 Å². The van der Waals surface area contributed by atoms with Crippen molar-refractivity contribution in [2.75, 3.05) is 11.5 Å². The number of nitrogens with one attached hydrogen (secondary N) is 1. The Labute approximate surface area is 167 Å². The first-order chi connectivity index (χ1) is 13.4. The molecule has 0 saturated carbocycles. The van der Waals surface area contributed by atoms with Gasteiger partial charge in [-0.25, -0.2) is 13.6 Å². The van der Waals surface area contributed by atoms with Gasteiger partial charge in [0.1, 0.15) is 18.2 Å². The van der Waals surface area contributed by atoms with Crippen LogP contribution < -0.4 is 10.2 Å². The van der Waals surface area contributed by atoms with Crippen LogP contribution >= 0.6 is 12.2 Å². The summed E-state index contributed by atoms with van der Waals surface area (Å²) in [5, 5.41) is 3.38. The van der Waals surface area contributed by atoms with Crippen LogP contribution in [0.15, 0.2) is 72.5 Å². The first-order valence-electron chi connectivity index (χ1n) is 8.53. The summed E-state index contributed by atoms with van der Waals surface area (Å²) in [5.74, 6) is -1.39. The van der Waals surface area contributed by atoms with Crippen molar-refractivity contribution in [3.8, 4) is 0 Å². The van der Waals surface area contributed by atoms with Gasteiger partial charge in [0.25, 0.3) is 0 Å². The van der Waals surface area contributed by atoms with Crippen LogP contribution in [0.25, 0.3) is 0 Å². The molecule has 3 rings (SSSR count). The molecule has 1 aliphatic heterocycles. The van der Waals surface area contributed by atoms with Crippen LogP contribution in [0.1, 0.15) is 18.5 Å². The van der Waals surface area contributed by atoms with Gasteiger partial charge < -0.3 is 10.1 Å². The minimum Gasteiger partial charge on any atom is -0.458 e. The minimum atomic E-state index is -0.683. The van der Waals surface area contributed by atoms with Crippen molar-refractivity contribution >= 4 is 29.0 Å². The predicted octanol–water partition coefficient (Wildman–Crippen LogP) is 4.40. The van der Waals surface area contributed by atoms with Gasteiger partial charge in [-0.3, -0.25) is 4.90 Å². The van der Waals surface area contributed by atoms with Gasteiger partial charge >= 0.3 is 5.97 Å². The summed E-state index contributed by atoms with van der Waals surface area (Å²) in [5.41, 5.74) is 1.91. The Balaban J connectivity index is 2.11. The third kappa shape index (κ3) is 3.94. The van der Waals surface area contributed by atoms with E-state index in [0.29, 0.717) is 22.1 Å². The van der Waals surface area contributed by atoms with Crippen LogP contribution in [-0.4, -0.2) is 17.7 Å². The SMILES string of the molecule is C=CCOC(=O)C1=C(C)N(c2ccc(F)cc2)C(=S)N[C@@H]1c1cccc(F)c1. The Morgan fingerprint density at radius 1 is 1.25 bits per heavy atom. The quantitative estimate of drug-likeness (QED) is 0.458. The van der Waals surface area contributed by atoms with Crippen LogP contribution in [0, 0.1) is 11.6 Å². The number of hydrogen-bond donors (Lipinski definition) is 1. The fourth-order valence-corrected chi connectivity index (χ4v) is 3.42. The molecule has 0 radical (unpaired) electrons. The van der Waals surface area contributed by atoms with E-state index >= 15 is 0 Å². The van der Waals surface area contributed by atoms with E-state index in [9.17, 15) is 13.6 Å². The first kappa shape index (κ1) is 19.7. The summed E-state index contributed by atoms with van der Waals surface area (Å²) in [6, 6.07) is 11.0. The van der Waals surface area contributed by atoms with Crippen molar-refractivity contribution in [3.05, 3.63) is 89.7 Å². The molecule has 2 aromatic rings. The van der Waals surface area contributed by atoms with Crippen LogP contribution in [-0.2, 0) is 9.53 Å². The summed E-state index contributed by atoms with van der Waals surface area (Å²) < 4.78 is 32.3. The molecule has 1 aliphatic rings. The monoisotopic (exact) mass is 400 g/mol. The van der Waals surface area contributed by atoms with Crippen molar-refractivity contribution in [3.63, 3.8) is 0 Å². The van der Waals surface area contributed by atoms with E-state index in [-0.39, 0.29) is 18.0 Å². The standard InChI is InChI=1S/C21H18F2N2O2S/c1-3-11-27-20(26)18-13(2)25(17-9-7-15(22)8-10-17)21(28)24-19(18)14-5-4-6-16(23)12-14/h3-10,12,19H,1,11H2,2H3,(H,24,28)/t19-/m1/s1. The molecule has 1 N–H and O–H groups in total. The van der Waals surface area contributed by atoms with Crippen LogP contribution in [0.4, 0.5) is 14.5 Å². The van der Waals surface area contributed by atoms with Crippen LogP contribution in [0.2, 0.25) is 0 Å². The van der Waals surface area contributed by atoms with Crippen molar-refractivity contribution in [1.82, 2.24) is 5.32 Å². The molecule has 28 heavy (non-hydrogen) atoms. The Kier molecular flexibility index (Phi) is 5.84. The Morgan fingerprint density at radius 3 is 2.61 bits per heavy atom. The van der Waals surface area contributed by atoms with Crippen molar-refractivity contribution in [1.29, 1.82) is 0 Å². The highest BCUT2D eigenvalue weighted by Crippen LogP contribution is 2.34. The molecule has 0 aliphatic carbocycles. The lowest BCUT2D eigenvalue weighted by molar-refractivity contribution is -0.138. The van der Waals surface area contributed by atoms with Gasteiger partial charge in [-0.1, -0.05) is 24.8 Å². The average molecular weight is 400 g/mol. The normalized spacial score (nSPS) is 16.6. The first-order valence-corrected chi connectivity index (χ1v) is 8.93. The molecule has 2 aromatic carbocycles. The second kappa shape index (κ2) is 8.31. The Morgan fingerprint density at radius 2 is 1.96 bits per heavy atom. The molecule has 0 unspecified atom stereocenters. The van der Waals surface area contributed by atoms with Crippen molar-refractivity contribution in [2.24, 2.45) is 0 Å². The Hall–Kier alpha value is -3.06. The molecule has 7 heteroatoms. The summed E-state index contributed by atoms with van der Waals surface area (Å²) in [4.78, 5) is 14.4. The summed E-state index contributed by atoms with van der Waals surface area (Å²) in [6.07, 6.45) is 1.46. The van der Waals surface area contributed by atoms with Gasteiger partial charge in [0.15, 0.2) is 5.11 Å². The fourth-order valence-electron chi connectivity index (χ4n) is 3.06. The molecule has 1 atom stereocenters. The number of carbonyl (C=O) groups excluding carboxylic acids is 1.